The first kappa shape index (κ1) is 18.6. The number of nitrogens with zero attached hydrogens (tertiary/aromatic N) is 1. The third kappa shape index (κ3) is 4.93. The molecule has 6 heteroatoms. The lowest BCUT2D eigenvalue weighted by atomic mass is 10.0. The molecule has 1 aliphatic carbocycles. The van der Waals surface area contributed by atoms with Gasteiger partial charge in [0.2, 0.25) is 0 Å². The molecule has 2 saturated heterocycles. The van der Waals surface area contributed by atoms with Gasteiger partial charge in [0.1, 0.15) is 6.10 Å². The Labute approximate surface area is 161 Å². The summed E-state index contributed by atoms with van der Waals surface area (Å²) in [5, 5.41) is 3.03. The van der Waals surface area contributed by atoms with Crippen LogP contribution >= 0.6 is 0 Å². The Morgan fingerprint density at radius 3 is 2.67 bits per heavy atom. The maximum absolute atomic E-state index is 12.3. The number of carbonyl (C=O) groups is 1. The zero-order valence-corrected chi connectivity index (χ0v) is 16.1. The molecule has 1 atom stereocenters. The van der Waals surface area contributed by atoms with Crippen LogP contribution in [-0.4, -0.2) is 62.9 Å². The number of ether oxygens (including phenoxy) is 3. The number of methoxy groups -OCH3 is 1. The van der Waals surface area contributed by atoms with Gasteiger partial charge in [-0.2, -0.15) is 0 Å². The van der Waals surface area contributed by atoms with E-state index in [4.69, 9.17) is 14.2 Å². The normalized spacial score (nSPS) is 24.0. The first-order chi connectivity index (χ1) is 13.2. The molecule has 1 aromatic carbocycles. The molecule has 4 rings (SSSR count). The maximum Gasteiger partial charge on any atom is 0.251 e. The monoisotopic (exact) mass is 374 g/mol. The van der Waals surface area contributed by atoms with Crippen LogP contribution in [0.15, 0.2) is 18.2 Å². The van der Waals surface area contributed by atoms with E-state index in [1.807, 2.05) is 12.1 Å². The van der Waals surface area contributed by atoms with Gasteiger partial charge in [-0.05, 0) is 56.2 Å². The first-order valence-electron chi connectivity index (χ1n) is 10.2. The minimum Gasteiger partial charge on any atom is -0.493 e. The van der Waals surface area contributed by atoms with E-state index in [0.717, 1.165) is 58.5 Å². The van der Waals surface area contributed by atoms with E-state index in [9.17, 15) is 4.79 Å². The van der Waals surface area contributed by atoms with E-state index in [-0.39, 0.29) is 12.0 Å². The van der Waals surface area contributed by atoms with E-state index < -0.39 is 0 Å². The average Bonchev–Trinajstić information content (AvgIpc) is 3.35. The maximum atomic E-state index is 12.3. The van der Waals surface area contributed by atoms with Crippen molar-refractivity contribution >= 4 is 5.91 Å². The predicted molar refractivity (Wildman–Crippen MR) is 102 cm³/mol. The fraction of sp³-hybridized carbons (Fsp3) is 0.667. The zero-order chi connectivity index (χ0) is 18.6. The quantitative estimate of drug-likeness (QED) is 0.795. The Hall–Kier alpha value is -1.79. The fourth-order valence-corrected chi connectivity index (χ4v) is 3.89. The molecule has 3 aliphatic rings. The van der Waals surface area contributed by atoms with Crippen molar-refractivity contribution in [2.75, 3.05) is 40.0 Å². The second-order valence-corrected chi connectivity index (χ2v) is 7.96. The SMILES string of the molecule is COc1ccc(C(=O)NC2CC2)cc1OC1CCN(CC2CCOC2)CC1. The highest BCUT2D eigenvalue weighted by molar-refractivity contribution is 5.95. The van der Waals surface area contributed by atoms with E-state index in [1.54, 1.807) is 13.2 Å². The molecule has 148 valence electrons. The lowest BCUT2D eigenvalue weighted by Crippen LogP contribution is -2.40. The van der Waals surface area contributed by atoms with Gasteiger partial charge in [0.15, 0.2) is 11.5 Å². The smallest absolute Gasteiger partial charge is 0.251 e. The van der Waals surface area contributed by atoms with Crippen molar-refractivity contribution < 1.29 is 19.0 Å². The number of piperidine rings is 1. The molecule has 27 heavy (non-hydrogen) atoms. The molecule has 0 spiro atoms. The van der Waals surface area contributed by atoms with Crippen molar-refractivity contribution in [3.8, 4) is 11.5 Å². The van der Waals surface area contributed by atoms with Crippen molar-refractivity contribution in [2.24, 2.45) is 5.92 Å². The summed E-state index contributed by atoms with van der Waals surface area (Å²) in [6.45, 7) is 5.04. The molecule has 1 aromatic rings. The summed E-state index contributed by atoms with van der Waals surface area (Å²) in [4.78, 5) is 14.8. The highest BCUT2D eigenvalue weighted by Gasteiger charge is 2.27. The zero-order valence-electron chi connectivity index (χ0n) is 16.1. The predicted octanol–water partition coefficient (Wildman–Crippen LogP) is 2.47. The Bertz CT molecular complexity index is 648. The Morgan fingerprint density at radius 1 is 1.19 bits per heavy atom. The number of amides is 1. The van der Waals surface area contributed by atoms with Gasteiger partial charge in [-0.1, -0.05) is 0 Å². The number of hydrogen-bond acceptors (Lipinski definition) is 5. The van der Waals surface area contributed by atoms with Crippen LogP contribution in [0.1, 0.15) is 42.5 Å². The van der Waals surface area contributed by atoms with Crippen LogP contribution in [0.25, 0.3) is 0 Å². The van der Waals surface area contributed by atoms with Crippen LogP contribution in [0.2, 0.25) is 0 Å². The molecule has 1 amide bonds. The molecule has 0 bridgehead atoms. The van der Waals surface area contributed by atoms with Gasteiger partial charge in [0, 0.05) is 37.8 Å². The second kappa shape index (κ2) is 8.48. The standard InChI is InChI=1S/C21H30N2O4/c1-25-19-5-2-16(21(24)22-17-3-4-17)12-20(19)27-18-6-9-23(10-7-18)13-15-8-11-26-14-15/h2,5,12,15,17-18H,3-4,6-11,13-14H2,1H3,(H,22,24). The van der Waals surface area contributed by atoms with Crippen molar-refractivity contribution in [1.29, 1.82) is 0 Å². The number of benzene rings is 1. The van der Waals surface area contributed by atoms with Crippen LogP contribution in [0.4, 0.5) is 0 Å². The van der Waals surface area contributed by atoms with Crippen molar-refractivity contribution in [1.82, 2.24) is 10.2 Å². The summed E-state index contributed by atoms with van der Waals surface area (Å²) in [5.41, 5.74) is 0.636. The van der Waals surface area contributed by atoms with Crippen LogP contribution in [0, 0.1) is 5.92 Å². The topological polar surface area (TPSA) is 60.0 Å². The number of rotatable bonds is 7. The van der Waals surface area contributed by atoms with Gasteiger partial charge >= 0.3 is 0 Å². The van der Waals surface area contributed by atoms with Crippen LogP contribution in [0.5, 0.6) is 11.5 Å². The number of likely N-dealkylation sites (tertiary alicyclic amines) is 1. The number of carbonyl (C=O) groups excluding carboxylic acids is 1. The lowest BCUT2D eigenvalue weighted by molar-refractivity contribution is 0.0855. The van der Waals surface area contributed by atoms with Gasteiger partial charge in [0.05, 0.1) is 13.7 Å². The van der Waals surface area contributed by atoms with Gasteiger partial charge in [-0.15, -0.1) is 0 Å². The summed E-state index contributed by atoms with van der Waals surface area (Å²) in [7, 11) is 1.64. The van der Waals surface area contributed by atoms with Crippen LogP contribution in [-0.2, 0) is 4.74 Å². The molecule has 0 aromatic heterocycles. The first-order valence-corrected chi connectivity index (χ1v) is 10.2. The minimum atomic E-state index is -0.0291. The van der Waals surface area contributed by atoms with Crippen molar-refractivity contribution in [3.05, 3.63) is 23.8 Å². The van der Waals surface area contributed by atoms with E-state index in [1.165, 1.54) is 6.42 Å². The highest BCUT2D eigenvalue weighted by atomic mass is 16.5. The Balaban J connectivity index is 1.33. The molecule has 2 aliphatic heterocycles. The molecular weight excluding hydrogens is 344 g/mol. The largest absolute Gasteiger partial charge is 0.493 e. The molecule has 6 nitrogen and oxygen atoms in total. The third-order valence-electron chi connectivity index (χ3n) is 5.71. The molecule has 1 saturated carbocycles. The van der Waals surface area contributed by atoms with Gasteiger partial charge in [0.25, 0.3) is 5.91 Å². The summed E-state index contributed by atoms with van der Waals surface area (Å²) >= 11 is 0. The molecule has 1 unspecified atom stereocenters. The number of nitrogens with one attached hydrogen (secondary N) is 1. The fourth-order valence-electron chi connectivity index (χ4n) is 3.89. The van der Waals surface area contributed by atoms with E-state index in [0.29, 0.717) is 29.0 Å². The van der Waals surface area contributed by atoms with E-state index in [2.05, 4.69) is 10.2 Å². The Kier molecular flexibility index (Phi) is 5.83. The second-order valence-electron chi connectivity index (χ2n) is 7.96. The minimum absolute atomic E-state index is 0.0291. The summed E-state index contributed by atoms with van der Waals surface area (Å²) in [5.74, 6) is 2.01. The molecule has 3 fully saturated rings. The summed E-state index contributed by atoms with van der Waals surface area (Å²) in [6, 6.07) is 5.79. The molecule has 2 heterocycles. The Morgan fingerprint density at radius 2 is 2.00 bits per heavy atom. The molecule has 0 radical (unpaired) electrons. The third-order valence-corrected chi connectivity index (χ3v) is 5.71. The molecular formula is C21H30N2O4. The van der Waals surface area contributed by atoms with Crippen LogP contribution in [0.3, 0.4) is 0 Å². The average molecular weight is 374 g/mol. The van der Waals surface area contributed by atoms with E-state index >= 15 is 0 Å². The highest BCUT2D eigenvalue weighted by Crippen LogP contribution is 2.31. The molecule has 1 N–H and O–H groups in total. The van der Waals surface area contributed by atoms with Crippen molar-refractivity contribution in [2.45, 2.75) is 44.2 Å². The van der Waals surface area contributed by atoms with Gasteiger partial charge < -0.3 is 24.4 Å². The van der Waals surface area contributed by atoms with Crippen LogP contribution < -0.4 is 14.8 Å². The summed E-state index contributed by atoms with van der Waals surface area (Å²) < 4.78 is 17.2. The lowest BCUT2D eigenvalue weighted by Gasteiger charge is -2.33. The van der Waals surface area contributed by atoms with Crippen molar-refractivity contribution in [3.63, 3.8) is 0 Å². The number of hydrogen-bond donors (Lipinski definition) is 1. The van der Waals surface area contributed by atoms with Gasteiger partial charge in [-0.25, -0.2) is 0 Å². The summed E-state index contributed by atoms with van der Waals surface area (Å²) in [6.07, 6.45) is 5.50. The van der Waals surface area contributed by atoms with Gasteiger partial charge in [-0.3, -0.25) is 4.79 Å².